The minimum absolute atomic E-state index is 0.0864. The summed E-state index contributed by atoms with van der Waals surface area (Å²) in [7, 11) is 1.12. The number of hydrogen-bond acceptors (Lipinski definition) is 6. The summed E-state index contributed by atoms with van der Waals surface area (Å²) < 4.78 is 22.4. The summed E-state index contributed by atoms with van der Waals surface area (Å²) in [6, 6.07) is 2.84. The fraction of sp³-hybridized carbons (Fsp3) is 0.333. The predicted octanol–water partition coefficient (Wildman–Crippen LogP) is 2.89. The van der Waals surface area contributed by atoms with Gasteiger partial charge in [0.2, 0.25) is 0 Å². The molecule has 1 rings (SSSR count). The third-order valence-corrected chi connectivity index (χ3v) is 4.21. The molecule has 7 nitrogen and oxygen atoms in total. The van der Waals surface area contributed by atoms with E-state index in [1.54, 1.807) is 20.8 Å². The molecule has 0 saturated carbocycles. The Morgan fingerprint density at radius 3 is 2.46 bits per heavy atom. The zero-order valence-electron chi connectivity index (χ0n) is 13.5. The molecular weight excluding hydrogens is 384 g/mol. The van der Waals surface area contributed by atoms with E-state index in [1.165, 1.54) is 0 Å². The van der Waals surface area contributed by atoms with Crippen molar-refractivity contribution in [2.24, 2.45) is 0 Å². The number of benzene rings is 1. The molecule has 9 heteroatoms. The molecule has 0 fully saturated rings. The maximum atomic E-state index is 13.4. The number of methoxy groups -OCH3 is 1. The van der Waals surface area contributed by atoms with Gasteiger partial charge in [0.1, 0.15) is 0 Å². The summed E-state index contributed by atoms with van der Waals surface area (Å²) >= 11 is -1.44. The van der Waals surface area contributed by atoms with Crippen LogP contribution in [0.3, 0.4) is 0 Å². The second kappa shape index (κ2) is 8.06. The summed E-state index contributed by atoms with van der Waals surface area (Å²) in [5, 5.41) is 11.0. The van der Waals surface area contributed by atoms with E-state index in [1.807, 2.05) is 0 Å². The van der Waals surface area contributed by atoms with Crippen LogP contribution in [0.4, 0.5) is 14.9 Å². The van der Waals surface area contributed by atoms with Crippen LogP contribution < -0.4 is 0 Å². The maximum absolute atomic E-state index is 13.4. The Hall–Kier alpha value is -2.21. The third kappa shape index (κ3) is 6.12. The zero-order valence-corrected chi connectivity index (χ0v) is 15.4. The van der Waals surface area contributed by atoms with Crippen LogP contribution in [0.2, 0.25) is 0 Å². The van der Waals surface area contributed by atoms with Gasteiger partial charge >= 0.3 is 144 Å². The number of esters is 1. The molecule has 0 heterocycles. The van der Waals surface area contributed by atoms with Crippen LogP contribution in [0.15, 0.2) is 22.6 Å². The van der Waals surface area contributed by atoms with Gasteiger partial charge in [-0.15, -0.1) is 0 Å². The molecule has 0 atom stereocenters. The Bertz CT molecular complexity index is 696. The molecule has 0 saturated heterocycles. The van der Waals surface area contributed by atoms with Gasteiger partial charge in [-0.2, -0.15) is 0 Å². The van der Waals surface area contributed by atoms with Gasteiger partial charge in [0, 0.05) is 0 Å². The molecule has 0 aliphatic rings. The number of ether oxygens (including phenoxy) is 2. The van der Waals surface area contributed by atoms with Crippen molar-refractivity contribution in [2.75, 3.05) is 7.11 Å². The van der Waals surface area contributed by atoms with Gasteiger partial charge in [0.25, 0.3) is 0 Å². The molecule has 0 N–H and O–H groups in total. The van der Waals surface area contributed by atoms with E-state index in [2.05, 4.69) is 4.74 Å². The van der Waals surface area contributed by atoms with Crippen LogP contribution in [0.5, 0.6) is 0 Å². The van der Waals surface area contributed by atoms with Gasteiger partial charge in [0.05, 0.1) is 0 Å². The predicted molar refractivity (Wildman–Crippen MR) is 85.0 cm³/mol. The first-order chi connectivity index (χ1) is 11.0. The van der Waals surface area contributed by atoms with Crippen molar-refractivity contribution in [1.82, 2.24) is 0 Å². The van der Waals surface area contributed by atoms with E-state index in [-0.39, 0.29) is 15.6 Å². The number of hydrogen-bond donors (Lipinski definition) is 0. The van der Waals surface area contributed by atoms with Crippen molar-refractivity contribution in [3.63, 3.8) is 0 Å². The molecule has 0 bridgehead atoms. The number of carbonyl (C=O) groups is 2. The number of halogens is 1. The molecule has 0 unspecified atom stereocenters. The Morgan fingerprint density at radius 2 is 1.96 bits per heavy atom. The molecule has 1 aromatic rings. The number of carbonyl (C=O) groups excluding carboxylic acids is 2. The van der Waals surface area contributed by atoms with Crippen molar-refractivity contribution in [1.29, 1.82) is 0 Å². The Morgan fingerprint density at radius 1 is 1.33 bits per heavy atom. The summed E-state index contributed by atoms with van der Waals surface area (Å²) in [6.07, 6.45) is 1.09. The van der Waals surface area contributed by atoms with Crippen molar-refractivity contribution in [3.8, 4) is 0 Å². The van der Waals surface area contributed by atoms with Crippen molar-refractivity contribution in [3.05, 3.63) is 44.1 Å². The van der Waals surface area contributed by atoms with E-state index >= 15 is 0 Å². The first kappa shape index (κ1) is 19.8. The molecule has 1 aromatic carbocycles. The van der Waals surface area contributed by atoms with Crippen molar-refractivity contribution in [2.45, 2.75) is 26.4 Å². The van der Waals surface area contributed by atoms with Gasteiger partial charge in [0.15, 0.2) is 0 Å². The normalized spacial score (nSPS) is 12.3. The number of nitro benzene ring substituents is 1. The molecule has 1 radical (unpaired) electrons. The van der Waals surface area contributed by atoms with Crippen LogP contribution >= 0.6 is 0 Å². The number of nitro groups is 1. The molecule has 0 aromatic heterocycles. The quantitative estimate of drug-likeness (QED) is 0.248. The fourth-order valence-electron chi connectivity index (χ4n) is 1.58. The van der Waals surface area contributed by atoms with Gasteiger partial charge in [-0.3, -0.25) is 0 Å². The van der Waals surface area contributed by atoms with E-state index in [9.17, 15) is 24.1 Å². The average Bonchev–Trinajstić information content (AvgIpc) is 2.43. The standard InChI is InChI=1S/C15H16AsFNO6/c1-15(2,3)24-14(20)16-11(13(19)23-4)8-9-7-10(17)5-6-12(9)18(21)22/h5-8H,1-4H3. The second-order valence-electron chi connectivity index (χ2n) is 5.57. The molecule has 0 aliphatic carbocycles. The van der Waals surface area contributed by atoms with Crippen LogP contribution in [0.1, 0.15) is 26.3 Å². The molecule has 0 amide bonds. The monoisotopic (exact) mass is 400 g/mol. The Kier molecular flexibility index (Phi) is 6.66. The zero-order chi connectivity index (χ0) is 18.5. The van der Waals surface area contributed by atoms with E-state index < -0.39 is 42.8 Å². The fourth-order valence-corrected chi connectivity index (χ4v) is 3.47. The average molecular weight is 400 g/mol. The summed E-state index contributed by atoms with van der Waals surface area (Å²) in [5.41, 5.74) is -1.25. The molecular formula is C15H16AsFNO6. The first-order valence-corrected chi connectivity index (χ1v) is 8.60. The summed E-state index contributed by atoms with van der Waals surface area (Å²) in [4.78, 5) is 34.1. The van der Waals surface area contributed by atoms with Crippen molar-refractivity contribution < 1.29 is 28.4 Å². The molecule has 0 aliphatic heterocycles. The van der Waals surface area contributed by atoms with Gasteiger partial charge < -0.3 is 0 Å². The van der Waals surface area contributed by atoms with Crippen LogP contribution in [0.25, 0.3) is 6.08 Å². The minimum atomic E-state index is -1.44. The van der Waals surface area contributed by atoms with Gasteiger partial charge in [-0.25, -0.2) is 0 Å². The summed E-state index contributed by atoms with van der Waals surface area (Å²) in [6.45, 7) is 5.01. The first-order valence-electron chi connectivity index (χ1n) is 6.72. The second-order valence-corrected chi connectivity index (χ2v) is 7.82. The summed E-state index contributed by atoms with van der Waals surface area (Å²) in [5.74, 6) is -1.52. The topological polar surface area (TPSA) is 95.7 Å². The van der Waals surface area contributed by atoms with Crippen LogP contribution in [0, 0.1) is 15.9 Å². The van der Waals surface area contributed by atoms with Crippen LogP contribution in [-0.4, -0.2) is 44.1 Å². The van der Waals surface area contributed by atoms with E-state index in [0.717, 1.165) is 31.4 Å². The van der Waals surface area contributed by atoms with E-state index in [4.69, 9.17) is 4.74 Å². The molecule has 0 spiro atoms. The van der Waals surface area contributed by atoms with Crippen molar-refractivity contribution >= 4 is 38.2 Å². The van der Waals surface area contributed by atoms with E-state index in [0.29, 0.717) is 0 Å². The Labute approximate surface area is 144 Å². The third-order valence-electron chi connectivity index (χ3n) is 2.48. The SMILES string of the molecule is COC(=O)C(=Cc1cc(F)ccc1[N+](=O)[O-])[As]C(=O)OC(C)(C)C. The van der Waals surface area contributed by atoms with Gasteiger partial charge in [-0.05, 0) is 0 Å². The number of nitrogens with zero attached hydrogens (tertiary/aromatic N) is 1. The number of rotatable bonds is 5. The molecule has 129 valence electrons. The molecule has 24 heavy (non-hydrogen) atoms. The van der Waals surface area contributed by atoms with Crippen LogP contribution in [-0.2, 0) is 14.3 Å². The van der Waals surface area contributed by atoms with Gasteiger partial charge in [-0.1, -0.05) is 0 Å². The Balaban J connectivity index is 3.24.